The second kappa shape index (κ2) is 8.45. The van der Waals surface area contributed by atoms with Gasteiger partial charge in [0.25, 0.3) is 11.8 Å². The quantitative estimate of drug-likeness (QED) is 0.409. The molecular formula is C23H22BrN3O3. The average molecular weight is 468 g/mol. The van der Waals surface area contributed by atoms with Crippen LogP contribution in [0.4, 0.5) is 0 Å². The molecule has 6 nitrogen and oxygen atoms in total. The number of rotatable bonds is 7. The lowest BCUT2D eigenvalue weighted by atomic mass is 9.96. The SMILES string of the molecule is CN(C)CCCOc1ccc(Br)c(C2=C(c3c[nH]c4ccccc34)C(=O)NC2=O)c1. The van der Waals surface area contributed by atoms with Gasteiger partial charge in [-0.1, -0.05) is 34.1 Å². The first-order valence-corrected chi connectivity index (χ1v) is 10.5. The Labute approximate surface area is 183 Å². The van der Waals surface area contributed by atoms with Crippen molar-refractivity contribution in [3.05, 3.63) is 64.3 Å². The predicted molar refractivity (Wildman–Crippen MR) is 121 cm³/mol. The normalized spacial score (nSPS) is 14.1. The minimum Gasteiger partial charge on any atom is -0.494 e. The van der Waals surface area contributed by atoms with Gasteiger partial charge in [-0.15, -0.1) is 0 Å². The molecule has 0 saturated heterocycles. The third kappa shape index (κ3) is 3.91. The summed E-state index contributed by atoms with van der Waals surface area (Å²) in [5.74, 6) is -0.153. The van der Waals surface area contributed by atoms with Gasteiger partial charge in [-0.25, -0.2) is 0 Å². The molecule has 0 radical (unpaired) electrons. The van der Waals surface area contributed by atoms with E-state index >= 15 is 0 Å². The van der Waals surface area contributed by atoms with Crippen LogP contribution in [0.5, 0.6) is 5.75 Å². The summed E-state index contributed by atoms with van der Waals surface area (Å²) in [4.78, 5) is 30.8. The lowest BCUT2D eigenvalue weighted by Crippen LogP contribution is -2.22. The van der Waals surface area contributed by atoms with Crippen molar-refractivity contribution in [2.24, 2.45) is 0 Å². The lowest BCUT2D eigenvalue weighted by Gasteiger charge is -2.12. The minimum absolute atomic E-state index is 0.343. The summed E-state index contributed by atoms with van der Waals surface area (Å²) in [6.45, 7) is 1.49. The summed E-state index contributed by atoms with van der Waals surface area (Å²) in [7, 11) is 4.04. The third-order valence-corrected chi connectivity index (χ3v) is 5.71. The number of hydrogen-bond donors (Lipinski definition) is 2. The lowest BCUT2D eigenvalue weighted by molar-refractivity contribution is -0.122. The zero-order chi connectivity index (χ0) is 21.3. The average Bonchev–Trinajstić information content (AvgIpc) is 3.26. The Morgan fingerprint density at radius 1 is 1.00 bits per heavy atom. The van der Waals surface area contributed by atoms with E-state index in [4.69, 9.17) is 4.74 Å². The number of nitrogens with zero attached hydrogens (tertiary/aromatic N) is 1. The maximum atomic E-state index is 12.8. The highest BCUT2D eigenvalue weighted by Crippen LogP contribution is 2.38. The van der Waals surface area contributed by atoms with Crippen LogP contribution in [-0.2, 0) is 9.59 Å². The molecule has 0 bridgehead atoms. The van der Waals surface area contributed by atoms with E-state index in [1.165, 1.54) is 0 Å². The van der Waals surface area contributed by atoms with E-state index in [-0.39, 0.29) is 0 Å². The number of halogens is 1. The summed E-state index contributed by atoms with van der Waals surface area (Å²) in [5, 5.41) is 3.34. The highest BCUT2D eigenvalue weighted by Gasteiger charge is 2.34. The van der Waals surface area contributed by atoms with E-state index in [9.17, 15) is 9.59 Å². The van der Waals surface area contributed by atoms with Gasteiger partial charge in [-0.05, 0) is 44.8 Å². The number of nitrogens with one attached hydrogen (secondary N) is 2. The van der Waals surface area contributed by atoms with E-state index in [2.05, 4.69) is 31.1 Å². The second-order valence-corrected chi connectivity index (χ2v) is 8.28. The zero-order valence-corrected chi connectivity index (χ0v) is 18.4. The second-order valence-electron chi connectivity index (χ2n) is 7.43. The van der Waals surface area contributed by atoms with E-state index in [1.807, 2.05) is 56.6 Å². The molecule has 4 rings (SSSR count). The predicted octanol–water partition coefficient (Wildman–Crippen LogP) is 3.83. The van der Waals surface area contributed by atoms with E-state index in [0.717, 1.165) is 28.3 Å². The number of aromatic nitrogens is 1. The van der Waals surface area contributed by atoms with Crippen molar-refractivity contribution in [2.45, 2.75) is 6.42 Å². The number of ether oxygens (including phenoxy) is 1. The van der Waals surface area contributed by atoms with Gasteiger partial charge in [0.05, 0.1) is 17.8 Å². The highest BCUT2D eigenvalue weighted by molar-refractivity contribution is 9.10. The van der Waals surface area contributed by atoms with Crippen LogP contribution in [0, 0.1) is 0 Å². The van der Waals surface area contributed by atoms with Crippen LogP contribution in [0.3, 0.4) is 0 Å². The summed E-state index contributed by atoms with van der Waals surface area (Å²) < 4.78 is 6.60. The number of hydrogen-bond acceptors (Lipinski definition) is 4. The molecule has 1 aromatic heterocycles. The Kier molecular flexibility index (Phi) is 5.74. The van der Waals surface area contributed by atoms with Crippen molar-refractivity contribution in [2.75, 3.05) is 27.2 Å². The number of para-hydroxylation sites is 1. The largest absolute Gasteiger partial charge is 0.494 e. The molecule has 0 saturated carbocycles. The topological polar surface area (TPSA) is 74.4 Å². The smallest absolute Gasteiger partial charge is 0.259 e. The first-order valence-electron chi connectivity index (χ1n) is 9.69. The molecule has 0 aliphatic carbocycles. The number of imide groups is 1. The molecule has 2 N–H and O–H groups in total. The van der Waals surface area contributed by atoms with Gasteiger partial charge in [-0.2, -0.15) is 0 Å². The Morgan fingerprint density at radius 2 is 1.73 bits per heavy atom. The molecule has 2 heterocycles. The van der Waals surface area contributed by atoms with Gasteiger partial charge in [0, 0.05) is 39.2 Å². The van der Waals surface area contributed by atoms with Crippen molar-refractivity contribution < 1.29 is 14.3 Å². The Hall–Kier alpha value is -2.90. The number of fused-ring (bicyclic) bond motifs is 1. The van der Waals surface area contributed by atoms with Crippen LogP contribution < -0.4 is 10.1 Å². The molecule has 0 fully saturated rings. The van der Waals surface area contributed by atoms with Crippen LogP contribution in [0.15, 0.2) is 53.1 Å². The summed E-state index contributed by atoms with van der Waals surface area (Å²) in [6.07, 6.45) is 2.66. The summed E-state index contributed by atoms with van der Waals surface area (Å²) in [5.41, 5.74) is 2.94. The van der Waals surface area contributed by atoms with E-state index in [0.29, 0.717) is 34.6 Å². The van der Waals surface area contributed by atoms with Crippen molar-refractivity contribution >= 4 is 49.8 Å². The van der Waals surface area contributed by atoms with Crippen LogP contribution >= 0.6 is 15.9 Å². The van der Waals surface area contributed by atoms with E-state index in [1.54, 1.807) is 6.20 Å². The molecule has 1 aliphatic heterocycles. The van der Waals surface area contributed by atoms with Crippen LogP contribution in [0.2, 0.25) is 0 Å². The van der Waals surface area contributed by atoms with Gasteiger partial charge in [0.2, 0.25) is 0 Å². The standard InChI is InChI=1S/C23H22BrN3O3/c1-27(2)10-5-11-30-14-8-9-18(24)16(12-14)20-21(23(29)26-22(20)28)17-13-25-19-7-4-3-6-15(17)19/h3-4,6-9,12-13,25H,5,10-11H2,1-2H3,(H,26,28,29). The van der Waals surface area contributed by atoms with E-state index < -0.39 is 11.8 Å². The van der Waals surface area contributed by atoms with Gasteiger partial charge in [-0.3, -0.25) is 14.9 Å². The van der Waals surface area contributed by atoms with Gasteiger partial charge >= 0.3 is 0 Å². The molecule has 2 aromatic carbocycles. The monoisotopic (exact) mass is 467 g/mol. The molecule has 0 spiro atoms. The zero-order valence-electron chi connectivity index (χ0n) is 16.8. The molecule has 0 unspecified atom stereocenters. The molecule has 154 valence electrons. The van der Waals surface area contributed by atoms with Crippen molar-refractivity contribution in [3.8, 4) is 5.75 Å². The molecule has 1 aliphatic rings. The Balaban J connectivity index is 1.76. The van der Waals surface area contributed by atoms with Crippen LogP contribution in [-0.4, -0.2) is 48.9 Å². The van der Waals surface area contributed by atoms with Crippen molar-refractivity contribution in [1.82, 2.24) is 15.2 Å². The van der Waals surface area contributed by atoms with Crippen molar-refractivity contribution in [3.63, 3.8) is 0 Å². The van der Waals surface area contributed by atoms with Gasteiger partial charge < -0.3 is 14.6 Å². The Bertz CT molecular complexity index is 1160. The number of aromatic amines is 1. The summed E-state index contributed by atoms with van der Waals surface area (Å²) in [6, 6.07) is 13.2. The van der Waals surface area contributed by atoms with Crippen LogP contribution in [0.1, 0.15) is 17.5 Å². The molecule has 2 amide bonds. The van der Waals surface area contributed by atoms with Gasteiger partial charge in [0.15, 0.2) is 0 Å². The highest BCUT2D eigenvalue weighted by atomic mass is 79.9. The molecule has 0 atom stereocenters. The van der Waals surface area contributed by atoms with Crippen molar-refractivity contribution in [1.29, 1.82) is 0 Å². The Morgan fingerprint density at radius 3 is 2.50 bits per heavy atom. The number of H-pyrrole nitrogens is 1. The fraction of sp³-hybridized carbons (Fsp3) is 0.217. The fourth-order valence-corrected chi connectivity index (χ4v) is 4.05. The third-order valence-electron chi connectivity index (χ3n) is 5.02. The molecular weight excluding hydrogens is 446 g/mol. The molecule has 3 aromatic rings. The first-order chi connectivity index (χ1) is 14.5. The molecule has 30 heavy (non-hydrogen) atoms. The number of benzene rings is 2. The maximum Gasteiger partial charge on any atom is 0.259 e. The van der Waals surface area contributed by atoms with Gasteiger partial charge in [0.1, 0.15) is 5.75 Å². The fourth-order valence-electron chi connectivity index (χ4n) is 3.60. The number of carbonyl (C=O) groups is 2. The minimum atomic E-state index is -0.411. The number of carbonyl (C=O) groups excluding carboxylic acids is 2. The molecule has 7 heteroatoms. The first kappa shape index (κ1) is 20.4. The van der Waals surface area contributed by atoms with Crippen LogP contribution in [0.25, 0.3) is 22.0 Å². The number of amides is 2. The summed E-state index contributed by atoms with van der Waals surface area (Å²) >= 11 is 3.53. The maximum absolute atomic E-state index is 12.8.